The molecule has 3 aliphatic carbocycles. The summed E-state index contributed by atoms with van der Waals surface area (Å²) in [4.78, 5) is 27.0. The number of fused-ring (bicyclic) bond motifs is 1. The van der Waals surface area contributed by atoms with Crippen molar-refractivity contribution in [3.05, 3.63) is 27.8 Å². The van der Waals surface area contributed by atoms with Gasteiger partial charge in [-0.15, -0.1) is 16.4 Å². The van der Waals surface area contributed by atoms with Gasteiger partial charge in [0.15, 0.2) is 6.61 Å². The van der Waals surface area contributed by atoms with Gasteiger partial charge in [0, 0.05) is 30.6 Å². The predicted molar refractivity (Wildman–Crippen MR) is 136 cm³/mol. The van der Waals surface area contributed by atoms with Gasteiger partial charge >= 0.3 is 6.18 Å². The first-order valence-corrected chi connectivity index (χ1v) is 13.6. The molecule has 38 heavy (non-hydrogen) atoms. The highest BCUT2D eigenvalue weighted by Crippen LogP contribution is 2.41. The van der Waals surface area contributed by atoms with E-state index >= 15 is 0 Å². The SMILES string of the molecule is Cn1nc(OCC(F)(F)F)cc1C(=S)N[C@H]1CCc2sc(NC(=O)[C@H]3C[C@@H]3F)c(C(=O)NCC3CC3)c2C1. The van der Waals surface area contributed by atoms with Crippen molar-refractivity contribution in [2.45, 2.75) is 56.9 Å². The van der Waals surface area contributed by atoms with Crippen LogP contribution in [0.5, 0.6) is 5.88 Å². The van der Waals surface area contributed by atoms with Crippen molar-refractivity contribution >= 4 is 45.4 Å². The van der Waals surface area contributed by atoms with Crippen molar-refractivity contribution in [2.75, 3.05) is 18.5 Å². The summed E-state index contributed by atoms with van der Waals surface area (Å²) < 4.78 is 57.0. The van der Waals surface area contributed by atoms with E-state index < -0.39 is 30.8 Å². The number of hydrogen-bond acceptors (Lipinski definition) is 6. The van der Waals surface area contributed by atoms with Gasteiger partial charge in [0.05, 0.1) is 17.2 Å². The Labute approximate surface area is 225 Å². The summed E-state index contributed by atoms with van der Waals surface area (Å²) in [6.45, 7) is -0.887. The van der Waals surface area contributed by atoms with Gasteiger partial charge in [-0.2, -0.15) is 13.2 Å². The lowest BCUT2D eigenvalue weighted by Crippen LogP contribution is -2.39. The zero-order valence-corrected chi connectivity index (χ0v) is 22.1. The van der Waals surface area contributed by atoms with Crippen LogP contribution in [0.3, 0.4) is 0 Å². The summed E-state index contributed by atoms with van der Waals surface area (Å²) in [5.41, 5.74) is 1.63. The lowest BCUT2D eigenvalue weighted by Gasteiger charge is -2.25. The fourth-order valence-corrected chi connectivity index (χ4v) is 6.06. The van der Waals surface area contributed by atoms with E-state index in [4.69, 9.17) is 17.0 Å². The van der Waals surface area contributed by atoms with E-state index in [1.54, 1.807) is 7.05 Å². The molecule has 14 heteroatoms. The average Bonchev–Trinajstić information content (AvgIpc) is 3.74. The van der Waals surface area contributed by atoms with Crippen molar-refractivity contribution in [1.29, 1.82) is 0 Å². The van der Waals surface area contributed by atoms with Crippen LogP contribution in [-0.2, 0) is 24.7 Å². The van der Waals surface area contributed by atoms with E-state index in [1.165, 1.54) is 22.1 Å². The molecule has 2 saturated carbocycles. The largest absolute Gasteiger partial charge is 0.467 e. The van der Waals surface area contributed by atoms with Crippen LogP contribution in [0.4, 0.5) is 22.6 Å². The van der Waals surface area contributed by atoms with E-state index in [2.05, 4.69) is 21.0 Å². The van der Waals surface area contributed by atoms with Gasteiger partial charge < -0.3 is 20.7 Å². The van der Waals surface area contributed by atoms with Crippen LogP contribution in [0, 0.1) is 11.8 Å². The minimum absolute atomic E-state index is 0.156. The Morgan fingerprint density at radius 3 is 2.68 bits per heavy atom. The zero-order valence-electron chi connectivity index (χ0n) is 20.5. The third-order valence-corrected chi connectivity index (χ3v) is 8.37. The molecule has 2 aromatic heterocycles. The third kappa shape index (κ3) is 6.28. The molecule has 2 amide bonds. The standard InChI is InChI=1S/C24H27F4N5O3S2/c1-33-16(8-18(32-33)36-10-24(26,27)28)22(37)30-12-4-5-17-14(6-12)19(21(35)29-9-11-2-3-11)23(38-17)31-20(34)13-7-15(13)25/h8,11-13,15H,2-7,9-10H2,1H3,(H,29,35)(H,30,37)(H,31,34)/t12-,13-,15-/m0/s1. The van der Waals surface area contributed by atoms with Crippen LogP contribution in [0.25, 0.3) is 0 Å². The summed E-state index contributed by atoms with van der Waals surface area (Å²) in [5.74, 6) is -1.07. The van der Waals surface area contributed by atoms with Crippen LogP contribution in [0.15, 0.2) is 6.07 Å². The highest BCUT2D eigenvalue weighted by Gasteiger charge is 2.44. The number of aromatic nitrogens is 2. The molecule has 2 heterocycles. The number of halogens is 4. The highest BCUT2D eigenvalue weighted by atomic mass is 32.1. The molecule has 0 aromatic carbocycles. The average molecular weight is 574 g/mol. The fraction of sp³-hybridized carbons (Fsp3) is 0.583. The quantitative estimate of drug-likeness (QED) is 0.313. The second kappa shape index (κ2) is 10.4. The van der Waals surface area contributed by atoms with E-state index in [0.29, 0.717) is 53.0 Å². The summed E-state index contributed by atoms with van der Waals surface area (Å²) in [6, 6.07) is 1.19. The second-order valence-corrected chi connectivity index (χ2v) is 11.5. The van der Waals surface area contributed by atoms with Crippen molar-refractivity contribution in [3.63, 3.8) is 0 Å². The maximum atomic E-state index is 13.4. The zero-order chi connectivity index (χ0) is 27.2. The number of carbonyl (C=O) groups excluding carboxylic acids is 2. The summed E-state index contributed by atoms with van der Waals surface area (Å²) in [5, 5.41) is 13.4. The molecule has 0 saturated heterocycles. The highest BCUT2D eigenvalue weighted by molar-refractivity contribution is 7.80. The lowest BCUT2D eigenvalue weighted by atomic mass is 9.91. The molecule has 2 aromatic rings. The number of ether oxygens (including phenoxy) is 1. The summed E-state index contributed by atoms with van der Waals surface area (Å²) in [6.07, 6.45) is -1.49. The van der Waals surface area contributed by atoms with Crippen LogP contribution < -0.4 is 20.7 Å². The minimum atomic E-state index is -4.48. The normalized spacial score (nSPS) is 22.4. The molecule has 8 nitrogen and oxygen atoms in total. The summed E-state index contributed by atoms with van der Waals surface area (Å²) in [7, 11) is 1.56. The number of anilines is 1. The molecule has 206 valence electrons. The number of thiophene rings is 1. The van der Waals surface area contributed by atoms with Crippen molar-refractivity contribution in [3.8, 4) is 5.88 Å². The maximum absolute atomic E-state index is 13.4. The first-order valence-electron chi connectivity index (χ1n) is 12.4. The Morgan fingerprint density at radius 2 is 2.03 bits per heavy atom. The Kier molecular flexibility index (Phi) is 7.37. The van der Waals surface area contributed by atoms with Crippen molar-refractivity contribution < 1.29 is 31.9 Å². The fourth-order valence-electron chi connectivity index (χ4n) is 4.46. The topological polar surface area (TPSA) is 97.3 Å². The monoisotopic (exact) mass is 573 g/mol. The number of nitrogens with zero attached hydrogens (tertiary/aromatic N) is 2. The van der Waals surface area contributed by atoms with E-state index in [1.807, 2.05) is 0 Å². The van der Waals surface area contributed by atoms with Gasteiger partial charge in [0.25, 0.3) is 5.91 Å². The van der Waals surface area contributed by atoms with Crippen LogP contribution >= 0.6 is 23.6 Å². The van der Waals surface area contributed by atoms with Crippen molar-refractivity contribution in [1.82, 2.24) is 20.4 Å². The predicted octanol–water partition coefficient (Wildman–Crippen LogP) is 3.68. The number of hydrogen-bond donors (Lipinski definition) is 3. The van der Waals surface area contributed by atoms with E-state index in [9.17, 15) is 27.2 Å². The number of aryl methyl sites for hydroxylation is 2. The second-order valence-electron chi connectivity index (χ2n) is 10.0. The maximum Gasteiger partial charge on any atom is 0.422 e. The smallest absolute Gasteiger partial charge is 0.422 e. The van der Waals surface area contributed by atoms with Crippen LogP contribution in [0.2, 0.25) is 0 Å². The molecule has 3 aliphatic rings. The number of carbonyl (C=O) groups is 2. The molecule has 3 atom stereocenters. The number of rotatable bonds is 9. The molecule has 5 rings (SSSR count). The molecule has 0 radical (unpaired) electrons. The Bertz CT molecular complexity index is 1260. The van der Waals surface area contributed by atoms with Crippen LogP contribution in [0.1, 0.15) is 52.2 Å². The molecule has 0 spiro atoms. The molecule has 0 aliphatic heterocycles. The van der Waals surface area contributed by atoms with Crippen molar-refractivity contribution in [2.24, 2.45) is 18.9 Å². The Morgan fingerprint density at radius 1 is 1.29 bits per heavy atom. The van der Waals surface area contributed by atoms with Crippen LogP contribution in [-0.4, -0.2) is 58.1 Å². The van der Waals surface area contributed by atoms with Gasteiger partial charge in [-0.3, -0.25) is 14.3 Å². The number of nitrogens with one attached hydrogen (secondary N) is 3. The molecule has 2 fully saturated rings. The molecular weight excluding hydrogens is 546 g/mol. The minimum Gasteiger partial charge on any atom is -0.467 e. The molecular formula is C24H27F4N5O3S2. The molecule has 3 N–H and O–H groups in total. The third-order valence-electron chi connectivity index (χ3n) is 6.83. The Balaban J connectivity index is 1.30. The molecule has 0 bridgehead atoms. The van der Waals surface area contributed by atoms with Gasteiger partial charge in [-0.1, -0.05) is 12.2 Å². The van der Waals surface area contributed by atoms with E-state index in [0.717, 1.165) is 23.3 Å². The first kappa shape index (κ1) is 26.9. The Hall–Kier alpha value is -2.74. The summed E-state index contributed by atoms with van der Waals surface area (Å²) >= 11 is 6.86. The van der Waals surface area contributed by atoms with Gasteiger partial charge in [0.2, 0.25) is 11.8 Å². The van der Waals surface area contributed by atoms with Gasteiger partial charge in [-0.25, -0.2) is 4.39 Å². The number of thiocarbonyl (C=S) groups is 1. The number of amides is 2. The van der Waals surface area contributed by atoms with Gasteiger partial charge in [0.1, 0.15) is 16.2 Å². The first-order chi connectivity index (χ1) is 18.0. The van der Waals surface area contributed by atoms with E-state index in [-0.39, 0.29) is 24.2 Å². The molecule has 0 unspecified atom stereocenters. The lowest BCUT2D eigenvalue weighted by molar-refractivity contribution is -0.154. The van der Waals surface area contributed by atoms with Gasteiger partial charge in [-0.05, 0) is 50.0 Å². The number of alkyl halides is 4.